The van der Waals surface area contributed by atoms with Crippen molar-refractivity contribution in [3.05, 3.63) is 58.7 Å². The summed E-state index contributed by atoms with van der Waals surface area (Å²) in [6, 6.07) is 9.28. The lowest BCUT2D eigenvalue weighted by Gasteiger charge is -2.24. The summed E-state index contributed by atoms with van der Waals surface area (Å²) in [6.45, 7) is 16.5. The van der Waals surface area contributed by atoms with Gasteiger partial charge in [0.1, 0.15) is 5.82 Å². The summed E-state index contributed by atoms with van der Waals surface area (Å²) in [5.41, 5.74) is 6.14. The van der Waals surface area contributed by atoms with E-state index in [-0.39, 0.29) is 5.82 Å². The Labute approximate surface area is 171 Å². The minimum atomic E-state index is -0.168. The first-order chi connectivity index (χ1) is 13.2. The van der Waals surface area contributed by atoms with Gasteiger partial charge < -0.3 is 5.32 Å². The molecule has 28 heavy (non-hydrogen) atoms. The van der Waals surface area contributed by atoms with Gasteiger partial charge in [0.2, 0.25) is 0 Å². The highest BCUT2D eigenvalue weighted by atomic mass is 19.1. The molecule has 2 atom stereocenters. The van der Waals surface area contributed by atoms with Crippen LogP contribution in [0.2, 0.25) is 0 Å². The van der Waals surface area contributed by atoms with Gasteiger partial charge >= 0.3 is 0 Å². The lowest BCUT2D eigenvalue weighted by molar-refractivity contribution is 0.563. The standard InChI is InChI=1S/C25H37FN2/c1-8-27-23-15-22(24(16(2)3)28-25(23)17(4)5)19(7)10-9-18(6)20-11-13-21(26)14-12-20/h11-19,27H,8-10H2,1-7H3. The van der Waals surface area contributed by atoms with Crippen LogP contribution in [-0.2, 0) is 0 Å². The number of rotatable bonds is 9. The van der Waals surface area contributed by atoms with Gasteiger partial charge in [-0.25, -0.2) is 4.39 Å². The Morgan fingerprint density at radius 1 is 0.857 bits per heavy atom. The summed E-state index contributed by atoms with van der Waals surface area (Å²) in [5.74, 6) is 1.49. The molecule has 2 aromatic rings. The predicted octanol–water partition coefficient (Wildman–Crippen LogP) is 7.59. The number of benzene rings is 1. The van der Waals surface area contributed by atoms with Gasteiger partial charge in [-0.05, 0) is 72.8 Å². The van der Waals surface area contributed by atoms with Gasteiger partial charge in [-0.3, -0.25) is 4.98 Å². The molecule has 3 heteroatoms. The van der Waals surface area contributed by atoms with Crippen LogP contribution in [0.1, 0.15) is 107 Å². The van der Waals surface area contributed by atoms with Crippen LogP contribution in [0.5, 0.6) is 0 Å². The Bertz CT molecular complexity index is 750. The van der Waals surface area contributed by atoms with E-state index in [0.29, 0.717) is 23.7 Å². The van der Waals surface area contributed by atoms with Crippen LogP contribution in [-0.4, -0.2) is 11.5 Å². The fraction of sp³-hybridized carbons (Fsp3) is 0.560. The molecule has 0 fully saturated rings. The molecule has 1 N–H and O–H groups in total. The van der Waals surface area contributed by atoms with Crippen LogP contribution in [0.4, 0.5) is 10.1 Å². The summed E-state index contributed by atoms with van der Waals surface area (Å²) < 4.78 is 13.2. The Morgan fingerprint density at radius 2 is 1.43 bits per heavy atom. The number of pyridine rings is 1. The Hall–Kier alpha value is -1.90. The fourth-order valence-corrected chi connectivity index (χ4v) is 3.80. The summed E-state index contributed by atoms with van der Waals surface area (Å²) >= 11 is 0. The van der Waals surface area contributed by atoms with Crippen molar-refractivity contribution in [1.29, 1.82) is 0 Å². The van der Waals surface area contributed by atoms with Crippen molar-refractivity contribution in [2.45, 2.75) is 85.0 Å². The Kier molecular flexibility index (Phi) is 8.03. The Balaban J connectivity index is 2.23. The van der Waals surface area contributed by atoms with E-state index in [1.165, 1.54) is 28.2 Å². The van der Waals surface area contributed by atoms with Gasteiger partial charge in [-0.2, -0.15) is 0 Å². The van der Waals surface area contributed by atoms with Crippen LogP contribution in [0.25, 0.3) is 0 Å². The molecule has 0 aliphatic carbocycles. The lowest BCUT2D eigenvalue weighted by atomic mass is 9.86. The molecule has 0 aliphatic heterocycles. The zero-order valence-electron chi connectivity index (χ0n) is 18.6. The molecule has 2 rings (SSSR count). The average Bonchev–Trinajstić information content (AvgIpc) is 2.65. The van der Waals surface area contributed by atoms with Crippen molar-refractivity contribution >= 4 is 5.69 Å². The van der Waals surface area contributed by atoms with Gasteiger partial charge in [0.25, 0.3) is 0 Å². The molecule has 1 aromatic carbocycles. The number of hydrogen-bond donors (Lipinski definition) is 1. The van der Waals surface area contributed by atoms with Crippen LogP contribution in [0, 0.1) is 5.82 Å². The first kappa shape index (κ1) is 22.4. The molecular formula is C25H37FN2. The summed E-state index contributed by atoms with van der Waals surface area (Å²) in [7, 11) is 0. The molecule has 0 aliphatic rings. The summed E-state index contributed by atoms with van der Waals surface area (Å²) in [6.07, 6.45) is 2.17. The molecule has 1 aromatic heterocycles. The smallest absolute Gasteiger partial charge is 0.123 e. The fourth-order valence-electron chi connectivity index (χ4n) is 3.80. The van der Waals surface area contributed by atoms with Crippen molar-refractivity contribution in [1.82, 2.24) is 4.98 Å². The highest BCUT2D eigenvalue weighted by Crippen LogP contribution is 2.35. The molecule has 0 spiro atoms. The van der Waals surface area contributed by atoms with Crippen LogP contribution in [0.3, 0.4) is 0 Å². The maximum Gasteiger partial charge on any atom is 0.123 e. The van der Waals surface area contributed by atoms with Crippen LogP contribution in [0.15, 0.2) is 30.3 Å². The summed E-state index contributed by atoms with van der Waals surface area (Å²) in [4.78, 5) is 5.10. The summed E-state index contributed by atoms with van der Waals surface area (Å²) in [5, 5.41) is 3.52. The topological polar surface area (TPSA) is 24.9 Å². The maximum absolute atomic E-state index is 13.2. The van der Waals surface area contributed by atoms with Gasteiger partial charge in [-0.15, -0.1) is 0 Å². The molecule has 0 amide bonds. The van der Waals surface area contributed by atoms with Crippen molar-refractivity contribution < 1.29 is 4.39 Å². The van der Waals surface area contributed by atoms with E-state index in [4.69, 9.17) is 4.98 Å². The first-order valence-electron chi connectivity index (χ1n) is 10.8. The molecule has 1 heterocycles. The second kappa shape index (κ2) is 10.0. The van der Waals surface area contributed by atoms with Crippen LogP contribution < -0.4 is 5.32 Å². The van der Waals surface area contributed by atoms with E-state index in [2.05, 4.69) is 59.8 Å². The number of anilines is 1. The molecule has 0 radical (unpaired) electrons. The molecule has 0 saturated heterocycles. The third-order valence-corrected chi connectivity index (χ3v) is 5.58. The van der Waals surface area contributed by atoms with Gasteiger partial charge in [0, 0.05) is 12.2 Å². The SMILES string of the molecule is CCNc1cc(C(C)CCC(C)c2ccc(F)cc2)c(C(C)C)nc1C(C)C. The number of aromatic nitrogens is 1. The molecule has 2 nitrogen and oxygen atoms in total. The van der Waals surface area contributed by atoms with E-state index in [9.17, 15) is 4.39 Å². The monoisotopic (exact) mass is 384 g/mol. The van der Waals surface area contributed by atoms with Gasteiger partial charge in [-0.1, -0.05) is 53.7 Å². The minimum absolute atomic E-state index is 0.168. The quantitative estimate of drug-likeness (QED) is 0.482. The van der Waals surface area contributed by atoms with Gasteiger partial charge in [0.05, 0.1) is 11.4 Å². The molecular weight excluding hydrogens is 347 g/mol. The predicted molar refractivity (Wildman–Crippen MR) is 119 cm³/mol. The molecule has 0 saturated carbocycles. The van der Waals surface area contributed by atoms with E-state index in [1.54, 1.807) is 12.1 Å². The lowest BCUT2D eigenvalue weighted by Crippen LogP contribution is -2.12. The normalized spacial score (nSPS) is 13.8. The highest BCUT2D eigenvalue weighted by Gasteiger charge is 2.20. The third-order valence-electron chi connectivity index (χ3n) is 5.58. The minimum Gasteiger partial charge on any atom is -0.384 e. The average molecular weight is 385 g/mol. The Morgan fingerprint density at radius 3 is 1.96 bits per heavy atom. The van der Waals surface area contributed by atoms with Crippen molar-refractivity contribution in [3.63, 3.8) is 0 Å². The zero-order chi connectivity index (χ0) is 20.8. The van der Waals surface area contributed by atoms with E-state index >= 15 is 0 Å². The van der Waals surface area contributed by atoms with Gasteiger partial charge in [0.15, 0.2) is 0 Å². The molecule has 0 bridgehead atoms. The maximum atomic E-state index is 13.2. The van der Waals surface area contributed by atoms with Crippen LogP contribution >= 0.6 is 0 Å². The van der Waals surface area contributed by atoms with Crippen molar-refractivity contribution in [2.24, 2.45) is 0 Å². The number of halogens is 1. The number of nitrogens with one attached hydrogen (secondary N) is 1. The molecule has 154 valence electrons. The highest BCUT2D eigenvalue weighted by molar-refractivity contribution is 5.53. The van der Waals surface area contributed by atoms with E-state index in [1.807, 2.05) is 12.1 Å². The number of nitrogens with zero attached hydrogens (tertiary/aromatic N) is 1. The zero-order valence-corrected chi connectivity index (χ0v) is 18.6. The molecule has 2 unspecified atom stereocenters. The number of hydrogen-bond acceptors (Lipinski definition) is 2. The van der Waals surface area contributed by atoms with E-state index < -0.39 is 0 Å². The third kappa shape index (κ3) is 5.56. The van der Waals surface area contributed by atoms with Crippen molar-refractivity contribution in [2.75, 3.05) is 11.9 Å². The largest absolute Gasteiger partial charge is 0.384 e. The van der Waals surface area contributed by atoms with E-state index in [0.717, 1.165) is 19.4 Å². The first-order valence-corrected chi connectivity index (χ1v) is 10.8. The second-order valence-electron chi connectivity index (χ2n) is 8.67. The van der Waals surface area contributed by atoms with Crippen molar-refractivity contribution in [3.8, 4) is 0 Å². The second-order valence-corrected chi connectivity index (χ2v) is 8.67.